The second kappa shape index (κ2) is 3.61. The van der Waals surface area contributed by atoms with Crippen LogP contribution in [-0.4, -0.2) is 0 Å². The molecule has 0 saturated carbocycles. The van der Waals surface area contributed by atoms with Gasteiger partial charge in [0.25, 0.3) is 0 Å². The molecule has 0 nitrogen and oxygen atoms in total. The van der Waals surface area contributed by atoms with Gasteiger partial charge in [-0.15, -0.1) is 0 Å². The topological polar surface area (TPSA) is 0 Å². The first kappa shape index (κ1) is 9.51. The molecule has 0 aliphatic heterocycles. The fourth-order valence-electron chi connectivity index (χ4n) is 2.22. The SMILES string of the molecule is CC1=Cc2c(cccc2CC(C)C)C1. The smallest absolute Gasteiger partial charge is 0.00605 e. The van der Waals surface area contributed by atoms with Crippen molar-refractivity contribution in [2.45, 2.75) is 33.6 Å². The molecule has 1 aliphatic carbocycles. The van der Waals surface area contributed by atoms with Gasteiger partial charge < -0.3 is 0 Å². The summed E-state index contributed by atoms with van der Waals surface area (Å²) in [6, 6.07) is 6.73. The first-order chi connectivity index (χ1) is 6.66. The van der Waals surface area contributed by atoms with Crippen LogP contribution >= 0.6 is 0 Å². The van der Waals surface area contributed by atoms with Crippen LogP contribution in [-0.2, 0) is 12.8 Å². The van der Waals surface area contributed by atoms with E-state index in [1.165, 1.54) is 28.7 Å². The standard InChI is InChI=1S/C14H18/c1-10(2)7-12-5-4-6-13-8-11(3)9-14(12)13/h4-6,9-10H,7-8H2,1-3H3. The maximum absolute atomic E-state index is 2.35. The summed E-state index contributed by atoms with van der Waals surface area (Å²) < 4.78 is 0. The number of benzene rings is 1. The summed E-state index contributed by atoms with van der Waals surface area (Å²) >= 11 is 0. The van der Waals surface area contributed by atoms with Crippen molar-refractivity contribution in [1.82, 2.24) is 0 Å². The van der Waals surface area contributed by atoms with Crippen LogP contribution in [0.4, 0.5) is 0 Å². The molecule has 0 N–H and O–H groups in total. The van der Waals surface area contributed by atoms with Gasteiger partial charge in [0.2, 0.25) is 0 Å². The van der Waals surface area contributed by atoms with Crippen molar-refractivity contribution >= 4 is 6.08 Å². The Hall–Kier alpha value is -1.04. The molecule has 0 spiro atoms. The van der Waals surface area contributed by atoms with Gasteiger partial charge in [-0.2, -0.15) is 0 Å². The van der Waals surface area contributed by atoms with E-state index in [1.807, 2.05) is 0 Å². The Bertz CT molecular complexity index is 370. The van der Waals surface area contributed by atoms with Gasteiger partial charge in [-0.05, 0) is 42.4 Å². The van der Waals surface area contributed by atoms with Crippen molar-refractivity contribution < 1.29 is 0 Å². The van der Waals surface area contributed by atoms with Crippen molar-refractivity contribution in [2.75, 3.05) is 0 Å². The Morgan fingerprint density at radius 3 is 2.79 bits per heavy atom. The Morgan fingerprint density at radius 1 is 1.29 bits per heavy atom. The lowest BCUT2D eigenvalue weighted by Gasteiger charge is -2.09. The van der Waals surface area contributed by atoms with Crippen LogP contribution in [0.1, 0.15) is 37.5 Å². The lowest BCUT2D eigenvalue weighted by atomic mass is 9.96. The van der Waals surface area contributed by atoms with Gasteiger partial charge in [-0.3, -0.25) is 0 Å². The maximum atomic E-state index is 2.35. The molecular formula is C14H18. The van der Waals surface area contributed by atoms with Crippen molar-refractivity contribution in [3.05, 3.63) is 40.5 Å². The normalized spacial score (nSPS) is 14.4. The molecule has 14 heavy (non-hydrogen) atoms. The summed E-state index contributed by atoms with van der Waals surface area (Å²) in [5.41, 5.74) is 6.03. The van der Waals surface area contributed by atoms with Crippen LogP contribution < -0.4 is 0 Å². The zero-order valence-corrected chi connectivity index (χ0v) is 9.30. The van der Waals surface area contributed by atoms with Crippen molar-refractivity contribution in [2.24, 2.45) is 5.92 Å². The Balaban J connectivity index is 2.38. The van der Waals surface area contributed by atoms with Crippen molar-refractivity contribution in [1.29, 1.82) is 0 Å². The molecule has 1 aromatic rings. The third-order valence-corrected chi connectivity index (χ3v) is 2.77. The second-order valence-corrected chi connectivity index (χ2v) is 4.76. The quantitative estimate of drug-likeness (QED) is 0.658. The van der Waals surface area contributed by atoms with Crippen LogP contribution in [0.15, 0.2) is 23.8 Å². The molecule has 0 radical (unpaired) electrons. The van der Waals surface area contributed by atoms with E-state index >= 15 is 0 Å². The first-order valence-corrected chi connectivity index (χ1v) is 5.44. The molecule has 0 fully saturated rings. The zero-order chi connectivity index (χ0) is 10.1. The van der Waals surface area contributed by atoms with Gasteiger partial charge in [0, 0.05) is 0 Å². The number of hydrogen-bond donors (Lipinski definition) is 0. The molecule has 74 valence electrons. The van der Waals surface area contributed by atoms with Gasteiger partial charge in [0.1, 0.15) is 0 Å². The second-order valence-electron chi connectivity index (χ2n) is 4.76. The minimum Gasteiger partial charge on any atom is -0.0683 e. The predicted molar refractivity (Wildman–Crippen MR) is 62.3 cm³/mol. The average Bonchev–Trinajstić information content (AvgIpc) is 2.45. The molecule has 0 saturated heterocycles. The minimum absolute atomic E-state index is 0.746. The lowest BCUT2D eigenvalue weighted by Crippen LogP contribution is -1.97. The fraction of sp³-hybridized carbons (Fsp3) is 0.429. The number of fused-ring (bicyclic) bond motifs is 1. The van der Waals surface area contributed by atoms with E-state index in [-0.39, 0.29) is 0 Å². The Morgan fingerprint density at radius 2 is 2.07 bits per heavy atom. The summed E-state index contributed by atoms with van der Waals surface area (Å²) in [4.78, 5) is 0. The minimum atomic E-state index is 0.746. The van der Waals surface area contributed by atoms with Gasteiger partial charge in [-0.25, -0.2) is 0 Å². The summed E-state index contributed by atoms with van der Waals surface area (Å²) in [5, 5.41) is 0. The fourth-order valence-corrected chi connectivity index (χ4v) is 2.22. The van der Waals surface area contributed by atoms with E-state index in [4.69, 9.17) is 0 Å². The van der Waals surface area contributed by atoms with Crippen LogP contribution in [0.5, 0.6) is 0 Å². The summed E-state index contributed by atoms with van der Waals surface area (Å²) in [7, 11) is 0. The van der Waals surface area contributed by atoms with E-state index in [1.54, 1.807) is 0 Å². The molecule has 0 unspecified atom stereocenters. The third-order valence-electron chi connectivity index (χ3n) is 2.77. The zero-order valence-electron chi connectivity index (χ0n) is 9.30. The van der Waals surface area contributed by atoms with Crippen LogP contribution in [0.2, 0.25) is 0 Å². The Labute approximate surface area is 86.7 Å². The highest BCUT2D eigenvalue weighted by Gasteiger charge is 2.13. The molecule has 2 rings (SSSR count). The molecule has 1 aromatic carbocycles. The van der Waals surface area contributed by atoms with Crippen molar-refractivity contribution in [3.63, 3.8) is 0 Å². The Kier molecular flexibility index (Phi) is 2.45. The van der Waals surface area contributed by atoms with Gasteiger partial charge in [0.05, 0.1) is 0 Å². The number of allylic oxidation sites excluding steroid dienone is 1. The van der Waals surface area contributed by atoms with E-state index < -0.39 is 0 Å². The highest BCUT2D eigenvalue weighted by atomic mass is 14.2. The molecule has 0 heteroatoms. The van der Waals surface area contributed by atoms with E-state index in [9.17, 15) is 0 Å². The molecule has 1 aliphatic rings. The number of rotatable bonds is 2. The highest BCUT2D eigenvalue weighted by Crippen LogP contribution is 2.28. The number of hydrogen-bond acceptors (Lipinski definition) is 0. The van der Waals surface area contributed by atoms with Gasteiger partial charge in [0.15, 0.2) is 0 Å². The molecule has 0 amide bonds. The predicted octanol–water partition coefficient (Wildman–Crippen LogP) is 3.84. The molecule has 0 aromatic heterocycles. The molecule has 0 atom stereocenters. The van der Waals surface area contributed by atoms with Crippen LogP contribution in [0.3, 0.4) is 0 Å². The van der Waals surface area contributed by atoms with Crippen molar-refractivity contribution in [3.8, 4) is 0 Å². The van der Waals surface area contributed by atoms with E-state index in [0.29, 0.717) is 0 Å². The molecule has 0 heterocycles. The summed E-state index contributed by atoms with van der Waals surface area (Å²) in [6.07, 6.45) is 4.71. The van der Waals surface area contributed by atoms with E-state index in [0.717, 1.165) is 12.3 Å². The van der Waals surface area contributed by atoms with Gasteiger partial charge in [-0.1, -0.05) is 43.7 Å². The maximum Gasteiger partial charge on any atom is -0.00605 e. The molecule has 0 bridgehead atoms. The van der Waals surface area contributed by atoms with Gasteiger partial charge >= 0.3 is 0 Å². The largest absolute Gasteiger partial charge is 0.0683 e. The van der Waals surface area contributed by atoms with Crippen LogP contribution in [0, 0.1) is 5.92 Å². The monoisotopic (exact) mass is 186 g/mol. The average molecular weight is 186 g/mol. The van der Waals surface area contributed by atoms with Crippen LogP contribution in [0.25, 0.3) is 6.08 Å². The first-order valence-electron chi connectivity index (χ1n) is 5.44. The summed E-state index contributed by atoms with van der Waals surface area (Å²) in [6.45, 7) is 6.79. The highest BCUT2D eigenvalue weighted by molar-refractivity contribution is 5.66. The van der Waals surface area contributed by atoms with E-state index in [2.05, 4.69) is 45.0 Å². The lowest BCUT2D eigenvalue weighted by molar-refractivity contribution is 0.646. The third kappa shape index (κ3) is 1.75. The molecular weight excluding hydrogens is 168 g/mol. The summed E-state index contributed by atoms with van der Waals surface area (Å²) in [5.74, 6) is 0.746.